The molecule has 4 nitrogen and oxygen atoms in total. The molecule has 0 heterocycles. The Morgan fingerprint density at radius 3 is 2.21 bits per heavy atom. The highest BCUT2D eigenvalue weighted by Crippen LogP contribution is 2.21. The molecular weight excluding hydrogens is 244 g/mol. The molecule has 1 fully saturated rings. The molecule has 1 aliphatic rings. The zero-order chi connectivity index (χ0) is 13.7. The van der Waals surface area contributed by atoms with E-state index in [1.54, 1.807) is 7.11 Å². The van der Waals surface area contributed by atoms with E-state index in [-0.39, 0.29) is 11.6 Å². The maximum absolute atomic E-state index is 11.6. The summed E-state index contributed by atoms with van der Waals surface area (Å²) in [4.78, 5) is 23.3. The molecule has 1 aromatic carbocycles. The van der Waals surface area contributed by atoms with Crippen molar-refractivity contribution in [2.45, 2.75) is 25.7 Å². The Morgan fingerprint density at radius 2 is 1.63 bits per heavy atom. The minimum absolute atomic E-state index is 0.0644. The number of hydrogen-bond donors (Lipinski definition) is 0. The zero-order valence-corrected chi connectivity index (χ0v) is 11.1. The van der Waals surface area contributed by atoms with Gasteiger partial charge < -0.3 is 9.47 Å². The van der Waals surface area contributed by atoms with E-state index in [2.05, 4.69) is 0 Å². The molecule has 0 saturated heterocycles. The lowest BCUT2D eigenvalue weighted by atomic mass is 9.85. The monoisotopic (exact) mass is 262 g/mol. The van der Waals surface area contributed by atoms with Crippen LogP contribution in [0, 0.1) is 5.92 Å². The minimum Gasteiger partial charge on any atom is -0.497 e. The van der Waals surface area contributed by atoms with Crippen molar-refractivity contribution in [3.8, 4) is 11.5 Å². The predicted octanol–water partition coefficient (Wildman–Crippen LogP) is 2.40. The largest absolute Gasteiger partial charge is 0.497 e. The van der Waals surface area contributed by atoms with E-state index in [0.717, 1.165) is 11.5 Å². The number of carbonyl (C=O) groups excluding carboxylic acids is 2. The molecule has 0 N–H and O–H groups in total. The molecule has 1 saturated carbocycles. The predicted molar refractivity (Wildman–Crippen MR) is 70.5 cm³/mol. The van der Waals surface area contributed by atoms with Crippen molar-refractivity contribution in [1.82, 2.24) is 0 Å². The van der Waals surface area contributed by atoms with Gasteiger partial charge in [0.15, 0.2) is 0 Å². The van der Waals surface area contributed by atoms with Gasteiger partial charge in [-0.2, -0.15) is 0 Å². The van der Waals surface area contributed by atoms with Crippen LogP contribution in [0.1, 0.15) is 25.7 Å². The normalized spacial score (nSPS) is 16.5. The fourth-order valence-electron chi connectivity index (χ4n) is 2.25. The van der Waals surface area contributed by atoms with Crippen LogP contribution in [-0.4, -0.2) is 25.3 Å². The van der Waals surface area contributed by atoms with E-state index in [9.17, 15) is 9.59 Å². The van der Waals surface area contributed by atoms with E-state index in [1.807, 2.05) is 24.3 Å². The average Bonchev–Trinajstić information content (AvgIpc) is 2.43. The van der Waals surface area contributed by atoms with Crippen molar-refractivity contribution < 1.29 is 19.1 Å². The summed E-state index contributed by atoms with van der Waals surface area (Å²) in [5.74, 6) is 1.16. The Bertz CT molecular complexity index is 434. The minimum atomic E-state index is -0.452. The standard InChI is InChI=1S/C15H18O4/c1-18-11-5-7-12(8-6-11)19-10-9-13-14(16)3-2-4-15(13)17/h5-8,13H,2-4,9-10H2,1H3. The van der Waals surface area contributed by atoms with Gasteiger partial charge in [-0.1, -0.05) is 0 Å². The molecule has 4 heteroatoms. The van der Waals surface area contributed by atoms with Gasteiger partial charge in [0.2, 0.25) is 0 Å². The summed E-state index contributed by atoms with van der Waals surface area (Å²) in [5.41, 5.74) is 0. The Kier molecular flexibility index (Phi) is 4.55. The van der Waals surface area contributed by atoms with Gasteiger partial charge in [0.1, 0.15) is 23.1 Å². The van der Waals surface area contributed by atoms with Crippen LogP contribution in [0.3, 0.4) is 0 Å². The highest BCUT2D eigenvalue weighted by atomic mass is 16.5. The summed E-state index contributed by atoms with van der Waals surface area (Å²) < 4.78 is 10.6. The van der Waals surface area contributed by atoms with Gasteiger partial charge in [-0.3, -0.25) is 9.59 Å². The molecule has 1 aromatic rings. The molecule has 0 aromatic heterocycles. The molecule has 0 spiro atoms. The molecule has 19 heavy (non-hydrogen) atoms. The van der Waals surface area contributed by atoms with Crippen LogP contribution in [-0.2, 0) is 9.59 Å². The lowest BCUT2D eigenvalue weighted by Crippen LogP contribution is -2.29. The van der Waals surface area contributed by atoms with Gasteiger partial charge in [-0.15, -0.1) is 0 Å². The third-order valence-corrected chi connectivity index (χ3v) is 3.36. The number of carbonyl (C=O) groups is 2. The number of methoxy groups -OCH3 is 1. The smallest absolute Gasteiger partial charge is 0.143 e. The Morgan fingerprint density at radius 1 is 1.05 bits per heavy atom. The van der Waals surface area contributed by atoms with Crippen LogP contribution in [0.25, 0.3) is 0 Å². The Hall–Kier alpha value is -1.84. The summed E-state index contributed by atoms with van der Waals surface area (Å²) in [6.07, 6.45) is 2.23. The van der Waals surface area contributed by atoms with Crippen LogP contribution in [0.2, 0.25) is 0 Å². The van der Waals surface area contributed by atoms with Gasteiger partial charge in [0.05, 0.1) is 19.6 Å². The summed E-state index contributed by atoms with van der Waals surface area (Å²) in [6, 6.07) is 7.24. The number of ketones is 2. The maximum Gasteiger partial charge on any atom is 0.143 e. The SMILES string of the molecule is COc1ccc(OCCC2C(=O)CCCC2=O)cc1. The topological polar surface area (TPSA) is 52.6 Å². The molecule has 0 radical (unpaired) electrons. The molecule has 0 amide bonds. The summed E-state index contributed by atoms with van der Waals surface area (Å²) in [7, 11) is 1.61. The molecule has 0 unspecified atom stereocenters. The molecule has 0 aliphatic heterocycles. The van der Waals surface area contributed by atoms with Crippen molar-refractivity contribution in [3.05, 3.63) is 24.3 Å². The Balaban J connectivity index is 1.82. The number of benzene rings is 1. The van der Waals surface area contributed by atoms with Crippen LogP contribution in [0.5, 0.6) is 11.5 Å². The number of ether oxygens (including phenoxy) is 2. The summed E-state index contributed by atoms with van der Waals surface area (Å²) in [6.45, 7) is 0.383. The van der Waals surface area contributed by atoms with E-state index in [1.165, 1.54) is 0 Å². The van der Waals surface area contributed by atoms with Gasteiger partial charge in [-0.25, -0.2) is 0 Å². The fourth-order valence-corrected chi connectivity index (χ4v) is 2.25. The summed E-state index contributed by atoms with van der Waals surface area (Å²) in [5, 5.41) is 0. The maximum atomic E-state index is 11.6. The van der Waals surface area contributed by atoms with Gasteiger partial charge >= 0.3 is 0 Å². The average molecular weight is 262 g/mol. The first-order chi connectivity index (χ1) is 9.20. The second-order valence-electron chi connectivity index (χ2n) is 4.65. The van der Waals surface area contributed by atoms with Crippen molar-refractivity contribution in [2.75, 3.05) is 13.7 Å². The lowest BCUT2D eigenvalue weighted by Gasteiger charge is -2.19. The van der Waals surface area contributed by atoms with Gasteiger partial charge in [-0.05, 0) is 37.1 Å². The van der Waals surface area contributed by atoms with Crippen molar-refractivity contribution in [1.29, 1.82) is 0 Å². The van der Waals surface area contributed by atoms with Gasteiger partial charge in [0, 0.05) is 12.8 Å². The number of Topliss-reactive ketones (excluding diaryl/α,β-unsaturated/α-hetero) is 2. The van der Waals surface area contributed by atoms with Crippen LogP contribution >= 0.6 is 0 Å². The lowest BCUT2D eigenvalue weighted by molar-refractivity contribution is -0.136. The number of rotatable bonds is 5. The third-order valence-electron chi connectivity index (χ3n) is 3.36. The van der Waals surface area contributed by atoms with Crippen LogP contribution < -0.4 is 9.47 Å². The molecule has 0 bridgehead atoms. The summed E-state index contributed by atoms with van der Waals surface area (Å²) >= 11 is 0. The molecular formula is C15H18O4. The first-order valence-corrected chi connectivity index (χ1v) is 6.53. The molecule has 0 atom stereocenters. The van der Waals surface area contributed by atoms with Crippen LogP contribution in [0.4, 0.5) is 0 Å². The highest BCUT2D eigenvalue weighted by Gasteiger charge is 2.29. The molecule has 1 aliphatic carbocycles. The quantitative estimate of drug-likeness (QED) is 0.765. The van der Waals surface area contributed by atoms with E-state index in [4.69, 9.17) is 9.47 Å². The van der Waals surface area contributed by atoms with Crippen LogP contribution in [0.15, 0.2) is 24.3 Å². The Labute approximate surface area is 112 Å². The second-order valence-corrected chi connectivity index (χ2v) is 4.65. The van der Waals surface area contributed by atoms with Crippen molar-refractivity contribution >= 4 is 11.6 Å². The molecule has 2 rings (SSSR count). The number of hydrogen-bond acceptors (Lipinski definition) is 4. The fraction of sp³-hybridized carbons (Fsp3) is 0.467. The van der Waals surface area contributed by atoms with E-state index >= 15 is 0 Å². The van der Waals surface area contributed by atoms with Gasteiger partial charge in [0.25, 0.3) is 0 Å². The first kappa shape index (κ1) is 13.6. The second kappa shape index (κ2) is 6.36. The zero-order valence-electron chi connectivity index (χ0n) is 11.1. The van der Waals surface area contributed by atoms with Crippen molar-refractivity contribution in [2.24, 2.45) is 5.92 Å². The highest BCUT2D eigenvalue weighted by molar-refractivity contribution is 6.04. The third kappa shape index (κ3) is 3.56. The van der Waals surface area contributed by atoms with E-state index < -0.39 is 5.92 Å². The van der Waals surface area contributed by atoms with Crippen molar-refractivity contribution in [3.63, 3.8) is 0 Å². The first-order valence-electron chi connectivity index (χ1n) is 6.53. The van der Waals surface area contributed by atoms with E-state index in [0.29, 0.717) is 32.3 Å². The molecule has 102 valence electrons.